The van der Waals surface area contributed by atoms with Crippen molar-refractivity contribution in [2.75, 3.05) is 18.4 Å². The van der Waals surface area contributed by atoms with Gasteiger partial charge in [-0.2, -0.15) is 0 Å². The second kappa shape index (κ2) is 7.07. The molecule has 0 saturated heterocycles. The Labute approximate surface area is 101 Å². The minimum absolute atomic E-state index is 0.736. The van der Waals surface area contributed by atoms with E-state index >= 15 is 0 Å². The highest BCUT2D eigenvalue weighted by Gasteiger charge is 2.11. The summed E-state index contributed by atoms with van der Waals surface area (Å²) >= 11 is 3.56. The van der Waals surface area contributed by atoms with Crippen molar-refractivity contribution in [3.63, 3.8) is 0 Å². The van der Waals surface area contributed by atoms with Crippen molar-refractivity contribution in [2.24, 2.45) is 5.92 Å². The molecule has 1 heterocycles. The minimum Gasteiger partial charge on any atom is -0.468 e. The second-order valence-corrected chi connectivity index (χ2v) is 4.48. The fourth-order valence-electron chi connectivity index (χ4n) is 1.58. The lowest BCUT2D eigenvalue weighted by molar-refractivity contribution is 0.223. The topological polar surface area (TPSA) is 16.4 Å². The Bertz CT molecular complexity index is 244. The van der Waals surface area contributed by atoms with Gasteiger partial charge in [0.2, 0.25) is 0 Å². The standard InChI is InChI=1S/C12H20BrNO/c1-3-11(8-13)9-14(4-2)10-12-6-5-7-15-12/h5-7,11H,3-4,8-10H2,1-2H3. The fraction of sp³-hybridized carbons (Fsp3) is 0.667. The first-order valence-electron chi connectivity index (χ1n) is 5.60. The number of alkyl halides is 1. The summed E-state index contributed by atoms with van der Waals surface area (Å²) in [5, 5.41) is 1.08. The molecule has 2 nitrogen and oxygen atoms in total. The quantitative estimate of drug-likeness (QED) is 0.707. The highest BCUT2D eigenvalue weighted by molar-refractivity contribution is 9.09. The first-order chi connectivity index (χ1) is 7.30. The third-order valence-corrected chi connectivity index (χ3v) is 3.63. The zero-order valence-corrected chi connectivity index (χ0v) is 11.2. The van der Waals surface area contributed by atoms with Crippen LogP contribution in [0.2, 0.25) is 0 Å². The molecule has 1 aromatic heterocycles. The lowest BCUT2D eigenvalue weighted by atomic mass is 10.1. The number of nitrogens with zero attached hydrogens (tertiary/aromatic N) is 1. The van der Waals surface area contributed by atoms with E-state index in [4.69, 9.17) is 4.42 Å². The van der Waals surface area contributed by atoms with Crippen LogP contribution in [0.4, 0.5) is 0 Å². The van der Waals surface area contributed by atoms with E-state index < -0.39 is 0 Å². The molecule has 0 aromatic carbocycles. The van der Waals surface area contributed by atoms with Crippen LogP contribution in [0.25, 0.3) is 0 Å². The summed E-state index contributed by atoms with van der Waals surface area (Å²) in [7, 11) is 0. The van der Waals surface area contributed by atoms with Gasteiger partial charge < -0.3 is 4.42 Å². The Hall–Kier alpha value is -0.280. The second-order valence-electron chi connectivity index (χ2n) is 3.84. The first kappa shape index (κ1) is 12.8. The van der Waals surface area contributed by atoms with E-state index in [1.807, 2.05) is 12.1 Å². The van der Waals surface area contributed by atoms with Crippen molar-refractivity contribution in [3.8, 4) is 0 Å². The average Bonchev–Trinajstić information content (AvgIpc) is 2.76. The molecular weight excluding hydrogens is 254 g/mol. The fourth-order valence-corrected chi connectivity index (χ4v) is 2.24. The summed E-state index contributed by atoms with van der Waals surface area (Å²) in [5.41, 5.74) is 0. The van der Waals surface area contributed by atoms with E-state index in [2.05, 4.69) is 34.7 Å². The Morgan fingerprint density at radius 2 is 2.27 bits per heavy atom. The van der Waals surface area contributed by atoms with Gasteiger partial charge in [-0.15, -0.1) is 0 Å². The van der Waals surface area contributed by atoms with Crippen molar-refractivity contribution in [1.82, 2.24) is 4.90 Å². The zero-order chi connectivity index (χ0) is 11.1. The van der Waals surface area contributed by atoms with Crippen molar-refractivity contribution in [1.29, 1.82) is 0 Å². The Kier molecular flexibility index (Phi) is 6.03. The molecule has 3 heteroatoms. The molecule has 0 bridgehead atoms. The summed E-state index contributed by atoms with van der Waals surface area (Å²) < 4.78 is 5.36. The average molecular weight is 274 g/mol. The number of rotatable bonds is 7. The molecule has 15 heavy (non-hydrogen) atoms. The molecule has 0 spiro atoms. The molecule has 1 aromatic rings. The number of halogens is 1. The van der Waals surface area contributed by atoms with Crippen LogP contribution in [0, 0.1) is 5.92 Å². The Morgan fingerprint density at radius 3 is 2.73 bits per heavy atom. The predicted octanol–water partition coefficient (Wildman–Crippen LogP) is 3.52. The molecule has 0 aliphatic carbocycles. The minimum atomic E-state index is 0.736. The van der Waals surface area contributed by atoms with Gasteiger partial charge in [0, 0.05) is 11.9 Å². The van der Waals surface area contributed by atoms with Gasteiger partial charge in [0.15, 0.2) is 0 Å². The SMILES string of the molecule is CCC(CBr)CN(CC)Cc1ccco1. The highest BCUT2D eigenvalue weighted by Crippen LogP contribution is 2.12. The Morgan fingerprint density at radius 1 is 1.47 bits per heavy atom. The molecule has 86 valence electrons. The summed E-state index contributed by atoms with van der Waals surface area (Å²) in [6, 6.07) is 3.99. The molecule has 0 amide bonds. The van der Waals surface area contributed by atoms with Crippen LogP contribution in [0.5, 0.6) is 0 Å². The summed E-state index contributed by atoms with van der Waals surface area (Å²) in [6.07, 6.45) is 2.96. The molecule has 1 rings (SSSR count). The van der Waals surface area contributed by atoms with Gasteiger partial charge in [-0.1, -0.05) is 36.2 Å². The third kappa shape index (κ3) is 4.39. The lowest BCUT2D eigenvalue weighted by Gasteiger charge is -2.23. The molecule has 0 aliphatic heterocycles. The summed E-state index contributed by atoms with van der Waals surface area (Å²) in [5.74, 6) is 1.79. The maximum absolute atomic E-state index is 5.36. The van der Waals surface area contributed by atoms with E-state index in [0.717, 1.165) is 36.6 Å². The zero-order valence-electron chi connectivity index (χ0n) is 9.58. The normalized spacial score (nSPS) is 13.3. The van der Waals surface area contributed by atoms with Crippen LogP contribution in [0.15, 0.2) is 22.8 Å². The Balaban J connectivity index is 2.42. The van der Waals surface area contributed by atoms with Crippen LogP contribution in [0.3, 0.4) is 0 Å². The van der Waals surface area contributed by atoms with Gasteiger partial charge in [-0.25, -0.2) is 0 Å². The molecule has 0 aliphatic rings. The van der Waals surface area contributed by atoms with Gasteiger partial charge in [-0.05, 0) is 24.6 Å². The highest BCUT2D eigenvalue weighted by atomic mass is 79.9. The molecule has 1 unspecified atom stereocenters. The summed E-state index contributed by atoms with van der Waals surface area (Å²) in [6.45, 7) is 7.58. The monoisotopic (exact) mass is 273 g/mol. The van der Waals surface area contributed by atoms with E-state index in [-0.39, 0.29) is 0 Å². The van der Waals surface area contributed by atoms with Crippen LogP contribution in [0.1, 0.15) is 26.0 Å². The predicted molar refractivity (Wildman–Crippen MR) is 67.2 cm³/mol. The molecular formula is C12H20BrNO. The summed E-state index contributed by atoms with van der Waals surface area (Å²) in [4.78, 5) is 2.42. The van der Waals surface area contributed by atoms with E-state index in [0.29, 0.717) is 0 Å². The van der Waals surface area contributed by atoms with Crippen LogP contribution in [-0.4, -0.2) is 23.3 Å². The molecule has 0 N–H and O–H groups in total. The van der Waals surface area contributed by atoms with Crippen LogP contribution >= 0.6 is 15.9 Å². The molecule has 0 fully saturated rings. The molecule has 0 saturated carbocycles. The van der Waals surface area contributed by atoms with Gasteiger partial charge in [0.25, 0.3) is 0 Å². The maximum atomic E-state index is 5.36. The van der Waals surface area contributed by atoms with Crippen molar-refractivity contribution in [2.45, 2.75) is 26.8 Å². The number of hydrogen-bond acceptors (Lipinski definition) is 2. The van der Waals surface area contributed by atoms with Gasteiger partial charge >= 0.3 is 0 Å². The van der Waals surface area contributed by atoms with Crippen molar-refractivity contribution >= 4 is 15.9 Å². The van der Waals surface area contributed by atoms with Crippen LogP contribution in [-0.2, 0) is 6.54 Å². The van der Waals surface area contributed by atoms with Gasteiger partial charge in [0.1, 0.15) is 5.76 Å². The maximum Gasteiger partial charge on any atom is 0.117 e. The smallest absolute Gasteiger partial charge is 0.117 e. The van der Waals surface area contributed by atoms with Gasteiger partial charge in [-0.3, -0.25) is 4.90 Å². The van der Waals surface area contributed by atoms with Crippen molar-refractivity contribution < 1.29 is 4.42 Å². The van der Waals surface area contributed by atoms with Crippen molar-refractivity contribution in [3.05, 3.63) is 24.2 Å². The first-order valence-corrected chi connectivity index (χ1v) is 6.73. The molecule has 1 atom stereocenters. The van der Waals surface area contributed by atoms with Crippen LogP contribution < -0.4 is 0 Å². The van der Waals surface area contributed by atoms with E-state index in [1.165, 1.54) is 6.42 Å². The van der Waals surface area contributed by atoms with E-state index in [9.17, 15) is 0 Å². The third-order valence-electron chi connectivity index (χ3n) is 2.72. The van der Waals surface area contributed by atoms with E-state index in [1.54, 1.807) is 6.26 Å². The molecule has 0 radical (unpaired) electrons. The lowest BCUT2D eigenvalue weighted by Crippen LogP contribution is -2.29. The van der Waals surface area contributed by atoms with Gasteiger partial charge in [0.05, 0.1) is 12.8 Å². The number of hydrogen-bond donors (Lipinski definition) is 0. The largest absolute Gasteiger partial charge is 0.468 e. The number of furan rings is 1.